The summed E-state index contributed by atoms with van der Waals surface area (Å²) >= 11 is 5.93. The Morgan fingerprint density at radius 1 is 1.32 bits per heavy atom. The maximum Gasteiger partial charge on any atom is 0.226 e. The highest BCUT2D eigenvalue weighted by atomic mass is 35.5. The highest BCUT2D eigenvalue weighted by Crippen LogP contribution is 2.13. The van der Waals surface area contributed by atoms with Gasteiger partial charge in [-0.25, -0.2) is 12.7 Å². The van der Waals surface area contributed by atoms with Gasteiger partial charge in [0.1, 0.15) is 5.76 Å². The van der Waals surface area contributed by atoms with Crippen molar-refractivity contribution in [2.45, 2.75) is 19.8 Å². The molecule has 1 heterocycles. The molecule has 2 rings (SSSR count). The maximum atomic E-state index is 11.9. The summed E-state index contributed by atoms with van der Waals surface area (Å²) in [4.78, 5) is 11.9. The average molecular weight is 386 g/mol. The Morgan fingerprint density at radius 3 is 2.68 bits per heavy atom. The first-order valence-electron chi connectivity index (χ1n) is 7.67. The number of hydrogen-bond acceptors (Lipinski definition) is 5. The van der Waals surface area contributed by atoms with Gasteiger partial charge in [0.15, 0.2) is 5.82 Å². The first kappa shape index (κ1) is 19.4. The van der Waals surface area contributed by atoms with Crippen molar-refractivity contribution in [3.63, 3.8) is 0 Å². The van der Waals surface area contributed by atoms with Crippen LogP contribution < -0.4 is 5.32 Å². The van der Waals surface area contributed by atoms with Crippen molar-refractivity contribution in [3.05, 3.63) is 46.7 Å². The Bertz CT molecular complexity index is 835. The van der Waals surface area contributed by atoms with E-state index in [4.69, 9.17) is 16.1 Å². The van der Waals surface area contributed by atoms with E-state index in [2.05, 4.69) is 10.5 Å². The molecule has 0 atom stereocenters. The van der Waals surface area contributed by atoms with Crippen molar-refractivity contribution in [3.8, 4) is 0 Å². The SMILES string of the molecule is Cc1cc(NC(=O)CCN(CCc2cccc(Cl)c2)S(C)(=O)=O)no1. The topological polar surface area (TPSA) is 92.5 Å². The predicted molar refractivity (Wildman–Crippen MR) is 96.1 cm³/mol. The normalized spacial score (nSPS) is 11.7. The number of amides is 1. The van der Waals surface area contributed by atoms with Gasteiger partial charge >= 0.3 is 0 Å². The Labute approximate surface area is 152 Å². The van der Waals surface area contributed by atoms with E-state index >= 15 is 0 Å². The number of hydrogen-bond donors (Lipinski definition) is 1. The van der Waals surface area contributed by atoms with E-state index < -0.39 is 10.0 Å². The summed E-state index contributed by atoms with van der Waals surface area (Å²) < 4.78 is 30.0. The molecule has 0 aliphatic heterocycles. The van der Waals surface area contributed by atoms with Gasteiger partial charge in [0.25, 0.3) is 0 Å². The highest BCUT2D eigenvalue weighted by molar-refractivity contribution is 7.88. The van der Waals surface area contributed by atoms with Gasteiger partial charge in [0, 0.05) is 30.6 Å². The van der Waals surface area contributed by atoms with E-state index in [1.165, 1.54) is 4.31 Å². The molecular weight excluding hydrogens is 366 g/mol. The highest BCUT2D eigenvalue weighted by Gasteiger charge is 2.18. The van der Waals surface area contributed by atoms with Crippen LogP contribution in [0.25, 0.3) is 0 Å². The second-order valence-electron chi connectivity index (χ2n) is 5.66. The Hall–Kier alpha value is -1.90. The number of nitrogens with zero attached hydrogens (tertiary/aromatic N) is 2. The lowest BCUT2D eigenvalue weighted by Gasteiger charge is -2.19. The van der Waals surface area contributed by atoms with Crippen molar-refractivity contribution in [1.82, 2.24) is 9.46 Å². The van der Waals surface area contributed by atoms with E-state index in [0.29, 0.717) is 23.0 Å². The number of aryl methyl sites for hydroxylation is 1. The van der Waals surface area contributed by atoms with Gasteiger partial charge in [0.2, 0.25) is 15.9 Å². The van der Waals surface area contributed by atoms with Crippen molar-refractivity contribution in [2.24, 2.45) is 0 Å². The minimum Gasteiger partial charge on any atom is -0.360 e. The first-order chi connectivity index (χ1) is 11.7. The molecule has 7 nitrogen and oxygen atoms in total. The summed E-state index contributed by atoms with van der Waals surface area (Å²) in [6.07, 6.45) is 1.66. The van der Waals surface area contributed by atoms with E-state index in [9.17, 15) is 13.2 Å². The monoisotopic (exact) mass is 385 g/mol. The zero-order valence-electron chi connectivity index (χ0n) is 14.0. The number of halogens is 1. The molecule has 1 N–H and O–H groups in total. The number of sulfonamides is 1. The van der Waals surface area contributed by atoms with Crippen molar-refractivity contribution in [2.75, 3.05) is 24.7 Å². The summed E-state index contributed by atoms with van der Waals surface area (Å²) in [7, 11) is -3.42. The average Bonchev–Trinajstić information content (AvgIpc) is 2.91. The largest absolute Gasteiger partial charge is 0.360 e. The molecule has 2 aromatic rings. The molecule has 25 heavy (non-hydrogen) atoms. The molecule has 1 aromatic heterocycles. The third-order valence-corrected chi connectivity index (χ3v) is 5.03. The molecule has 0 saturated heterocycles. The standard InChI is InChI=1S/C16H20ClN3O4S/c1-12-10-15(19-24-12)18-16(21)7-9-20(25(2,22)23)8-6-13-4-3-5-14(17)11-13/h3-5,10-11H,6-9H2,1-2H3,(H,18,19,21). The fourth-order valence-corrected chi connectivity index (χ4v) is 3.31. The molecule has 0 radical (unpaired) electrons. The molecule has 0 unspecified atom stereocenters. The molecule has 9 heteroatoms. The molecule has 0 spiro atoms. The molecule has 136 valence electrons. The second-order valence-corrected chi connectivity index (χ2v) is 8.08. The van der Waals surface area contributed by atoms with E-state index in [-0.39, 0.29) is 25.4 Å². The summed E-state index contributed by atoms with van der Waals surface area (Å²) in [6.45, 7) is 2.07. The fraction of sp³-hybridized carbons (Fsp3) is 0.375. The lowest BCUT2D eigenvalue weighted by Crippen LogP contribution is -2.34. The van der Waals surface area contributed by atoms with Crippen LogP contribution in [0, 0.1) is 6.92 Å². The molecule has 1 amide bonds. The van der Waals surface area contributed by atoms with E-state index in [1.54, 1.807) is 25.1 Å². The van der Waals surface area contributed by atoms with Crippen LogP contribution >= 0.6 is 11.6 Å². The Kier molecular flexibility index (Phi) is 6.57. The third kappa shape index (κ3) is 6.49. The Morgan fingerprint density at radius 2 is 2.08 bits per heavy atom. The molecule has 0 aliphatic carbocycles. The van der Waals surface area contributed by atoms with Gasteiger partial charge in [-0.3, -0.25) is 4.79 Å². The number of carbonyl (C=O) groups excluding carboxylic acids is 1. The van der Waals surface area contributed by atoms with Crippen LogP contribution in [0.4, 0.5) is 5.82 Å². The van der Waals surface area contributed by atoms with Crippen molar-refractivity contribution >= 4 is 33.3 Å². The molecular formula is C16H20ClN3O4S. The van der Waals surface area contributed by atoms with Gasteiger partial charge in [-0.2, -0.15) is 0 Å². The molecule has 0 aliphatic rings. The summed E-state index contributed by atoms with van der Waals surface area (Å²) in [6, 6.07) is 8.84. The summed E-state index contributed by atoms with van der Waals surface area (Å²) in [5, 5.41) is 6.84. The van der Waals surface area contributed by atoms with Gasteiger partial charge in [0.05, 0.1) is 6.26 Å². The number of anilines is 1. The minimum atomic E-state index is -3.42. The van der Waals surface area contributed by atoms with Crippen molar-refractivity contribution < 1.29 is 17.7 Å². The summed E-state index contributed by atoms with van der Waals surface area (Å²) in [5.41, 5.74) is 0.934. The summed E-state index contributed by atoms with van der Waals surface area (Å²) in [5.74, 6) is 0.562. The molecule has 0 saturated carbocycles. The first-order valence-corrected chi connectivity index (χ1v) is 9.89. The third-order valence-electron chi connectivity index (χ3n) is 3.49. The minimum absolute atomic E-state index is 0.0223. The van der Waals surface area contributed by atoms with Gasteiger partial charge < -0.3 is 9.84 Å². The smallest absolute Gasteiger partial charge is 0.226 e. The number of carbonyl (C=O) groups is 1. The van der Waals surface area contributed by atoms with E-state index in [0.717, 1.165) is 11.8 Å². The predicted octanol–water partition coefficient (Wildman–Crippen LogP) is 2.47. The quantitative estimate of drug-likeness (QED) is 0.753. The molecule has 0 fully saturated rings. The Balaban J connectivity index is 1.90. The number of rotatable bonds is 8. The van der Waals surface area contributed by atoms with Gasteiger partial charge in [-0.15, -0.1) is 0 Å². The van der Waals surface area contributed by atoms with Crippen LogP contribution in [-0.2, 0) is 21.2 Å². The second kappa shape index (κ2) is 8.46. The van der Waals surface area contributed by atoms with Crippen LogP contribution in [0.1, 0.15) is 17.7 Å². The lowest BCUT2D eigenvalue weighted by atomic mass is 10.1. The maximum absolute atomic E-state index is 11.9. The van der Waals surface area contributed by atoms with Crippen LogP contribution in [0.2, 0.25) is 5.02 Å². The molecule has 0 bridgehead atoms. The van der Waals surface area contributed by atoms with Crippen molar-refractivity contribution in [1.29, 1.82) is 0 Å². The number of aromatic nitrogens is 1. The van der Waals surface area contributed by atoms with Crippen LogP contribution in [0.5, 0.6) is 0 Å². The fourth-order valence-electron chi connectivity index (χ4n) is 2.25. The number of nitrogens with one attached hydrogen (secondary N) is 1. The molecule has 1 aromatic carbocycles. The zero-order chi connectivity index (χ0) is 18.4. The number of benzene rings is 1. The lowest BCUT2D eigenvalue weighted by molar-refractivity contribution is -0.116. The van der Waals surface area contributed by atoms with Gasteiger partial charge in [-0.05, 0) is 31.0 Å². The van der Waals surface area contributed by atoms with Crippen LogP contribution in [0.15, 0.2) is 34.9 Å². The zero-order valence-corrected chi connectivity index (χ0v) is 15.6. The van der Waals surface area contributed by atoms with E-state index in [1.807, 2.05) is 12.1 Å². The van der Waals surface area contributed by atoms with Crippen LogP contribution in [-0.4, -0.2) is 43.1 Å². The van der Waals surface area contributed by atoms with Crippen LogP contribution in [0.3, 0.4) is 0 Å². The van der Waals surface area contributed by atoms with Gasteiger partial charge in [-0.1, -0.05) is 28.9 Å².